The Morgan fingerprint density at radius 2 is 2.00 bits per heavy atom. The van der Waals surface area contributed by atoms with Crippen LogP contribution in [0.15, 0.2) is 33.7 Å². The molecule has 0 fully saturated rings. The third kappa shape index (κ3) is 4.53. The molecule has 0 spiro atoms. The minimum atomic E-state index is -1.99. The van der Waals surface area contributed by atoms with Crippen molar-refractivity contribution in [2.24, 2.45) is 0 Å². The van der Waals surface area contributed by atoms with Crippen LogP contribution in [0.2, 0.25) is 18.1 Å². The molecule has 2 atom stereocenters. The molecule has 0 saturated carbocycles. The van der Waals surface area contributed by atoms with E-state index in [-0.39, 0.29) is 11.6 Å². The lowest BCUT2D eigenvalue weighted by atomic mass is 10.2. The number of aromatic amines is 1. The molecule has 1 N–H and O–H groups in total. The number of nitrogens with zero attached hydrogens (tertiary/aromatic N) is 1. The monoisotopic (exact) mass is 382 g/mol. The Balaban J connectivity index is 2.21. The maximum absolute atomic E-state index is 12.1. The molecular weight excluding hydrogens is 356 g/mol. The topological polar surface area (TPSA) is 99.6 Å². The van der Waals surface area contributed by atoms with Crippen molar-refractivity contribution >= 4 is 14.3 Å². The summed E-state index contributed by atoms with van der Waals surface area (Å²) < 4.78 is 18.4. The second-order valence-electron chi connectivity index (χ2n) is 7.78. The lowest BCUT2D eigenvalue weighted by molar-refractivity contribution is -0.150. The highest BCUT2D eigenvalue weighted by Gasteiger charge is 2.39. The van der Waals surface area contributed by atoms with Crippen molar-refractivity contribution in [2.75, 3.05) is 6.61 Å². The van der Waals surface area contributed by atoms with Crippen molar-refractivity contribution in [1.29, 1.82) is 0 Å². The molecule has 0 aromatic carbocycles. The van der Waals surface area contributed by atoms with Gasteiger partial charge in [0.15, 0.2) is 14.4 Å². The molecule has 9 heteroatoms. The van der Waals surface area contributed by atoms with Gasteiger partial charge in [-0.05, 0) is 18.1 Å². The highest BCUT2D eigenvalue weighted by Crippen LogP contribution is 2.37. The van der Waals surface area contributed by atoms with Crippen LogP contribution >= 0.6 is 0 Å². The number of H-pyrrole nitrogens is 1. The van der Waals surface area contributed by atoms with Gasteiger partial charge in [0.25, 0.3) is 5.56 Å². The Bertz CT molecular complexity index is 818. The molecule has 1 aliphatic heterocycles. The molecule has 8 nitrogen and oxygen atoms in total. The number of hydrogen-bond donors (Lipinski definition) is 1. The van der Waals surface area contributed by atoms with Crippen LogP contribution in [0.4, 0.5) is 0 Å². The molecule has 0 saturated heterocycles. The van der Waals surface area contributed by atoms with Crippen molar-refractivity contribution in [1.82, 2.24) is 9.55 Å². The predicted octanol–water partition coefficient (Wildman–Crippen LogP) is 1.90. The van der Waals surface area contributed by atoms with Gasteiger partial charge in [-0.15, -0.1) is 0 Å². The Hall–Kier alpha value is -2.13. The van der Waals surface area contributed by atoms with Gasteiger partial charge in [0.1, 0.15) is 5.76 Å². The van der Waals surface area contributed by atoms with Gasteiger partial charge >= 0.3 is 11.7 Å². The summed E-state index contributed by atoms with van der Waals surface area (Å²) in [5.41, 5.74) is -1.15. The number of hydrogen-bond acceptors (Lipinski definition) is 6. The fourth-order valence-corrected chi connectivity index (χ4v) is 3.14. The maximum Gasteiger partial charge on any atom is 0.331 e. The summed E-state index contributed by atoms with van der Waals surface area (Å²) in [5, 5.41) is 0.0384. The standard InChI is InChI=1S/C17H26N2O6Si/c1-11(20)24-13-9-12(10-23-26(5,6)17(2,3)4)25-15(13)19-8-7-14(21)18-16(19)22/h7-9,13,15H,10H2,1-6H3,(H,18,21,22)/t13-,15?/m0/s1. The lowest BCUT2D eigenvalue weighted by Crippen LogP contribution is -2.41. The summed E-state index contributed by atoms with van der Waals surface area (Å²) in [6, 6.07) is 1.21. The minimum absolute atomic E-state index is 0.0384. The zero-order valence-electron chi connectivity index (χ0n) is 16.0. The van der Waals surface area contributed by atoms with E-state index in [2.05, 4.69) is 38.8 Å². The first-order chi connectivity index (χ1) is 11.9. The molecule has 1 unspecified atom stereocenters. The molecule has 1 aromatic heterocycles. The zero-order valence-corrected chi connectivity index (χ0v) is 17.0. The first kappa shape index (κ1) is 20.2. The van der Waals surface area contributed by atoms with Crippen molar-refractivity contribution in [2.45, 2.75) is 58.2 Å². The third-order valence-electron chi connectivity index (χ3n) is 4.71. The Kier molecular flexibility index (Phi) is 5.62. The zero-order chi connectivity index (χ0) is 19.7. The van der Waals surface area contributed by atoms with Gasteiger partial charge < -0.3 is 13.9 Å². The highest BCUT2D eigenvalue weighted by atomic mass is 28.4. The molecule has 2 heterocycles. The highest BCUT2D eigenvalue weighted by molar-refractivity contribution is 6.74. The summed E-state index contributed by atoms with van der Waals surface area (Å²) in [5.74, 6) is -0.00642. The average Bonchev–Trinajstić information content (AvgIpc) is 2.86. The lowest BCUT2D eigenvalue weighted by Gasteiger charge is -2.36. The number of ether oxygens (including phenoxy) is 2. The van der Waals surface area contributed by atoms with Gasteiger partial charge in [-0.3, -0.25) is 19.1 Å². The van der Waals surface area contributed by atoms with Crippen LogP contribution in [-0.2, 0) is 18.7 Å². The van der Waals surface area contributed by atoms with Crippen LogP contribution in [0.25, 0.3) is 0 Å². The Morgan fingerprint density at radius 1 is 1.35 bits per heavy atom. The van der Waals surface area contributed by atoms with Crippen LogP contribution in [-0.4, -0.2) is 36.5 Å². The number of carbonyl (C=O) groups is 1. The largest absolute Gasteiger partial charge is 0.468 e. The number of nitrogens with one attached hydrogen (secondary N) is 1. The molecule has 1 aromatic rings. The molecule has 1 aliphatic rings. The normalized spacial score (nSPS) is 20.5. The summed E-state index contributed by atoms with van der Waals surface area (Å²) in [7, 11) is -1.99. The van der Waals surface area contributed by atoms with E-state index >= 15 is 0 Å². The van der Waals surface area contributed by atoms with E-state index in [1.165, 1.54) is 23.8 Å². The van der Waals surface area contributed by atoms with Gasteiger partial charge in [0, 0.05) is 25.3 Å². The second-order valence-corrected chi connectivity index (χ2v) is 12.6. The molecule has 26 heavy (non-hydrogen) atoms. The van der Waals surface area contributed by atoms with E-state index in [1.54, 1.807) is 6.08 Å². The van der Waals surface area contributed by atoms with Gasteiger partial charge in [-0.1, -0.05) is 20.8 Å². The van der Waals surface area contributed by atoms with Crippen molar-refractivity contribution in [3.05, 3.63) is 44.9 Å². The summed E-state index contributed by atoms with van der Waals surface area (Å²) in [6.45, 7) is 12.1. The predicted molar refractivity (Wildman–Crippen MR) is 98.2 cm³/mol. The first-order valence-corrected chi connectivity index (χ1v) is 11.3. The summed E-state index contributed by atoms with van der Waals surface area (Å²) in [4.78, 5) is 36.9. The molecule has 2 rings (SSSR count). The SMILES string of the molecule is CC(=O)O[C@H]1C=C(CO[Si](C)(C)C(C)(C)C)OC1n1ccc(=O)[nH]c1=O. The molecular formula is C17H26N2O6Si. The van der Waals surface area contributed by atoms with E-state index in [4.69, 9.17) is 13.9 Å². The number of carbonyl (C=O) groups excluding carboxylic acids is 1. The van der Waals surface area contributed by atoms with Crippen LogP contribution in [0.3, 0.4) is 0 Å². The van der Waals surface area contributed by atoms with Crippen LogP contribution in [0.1, 0.15) is 33.9 Å². The fraction of sp³-hybridized carbons (Fsp3) is 0.588. The van der Waals surface area contributed by atoms with Crippen molar-refractivity contribution in [3.8, 4) is 0 Å². The van der Waals surface area contributed by atoms with E-state index in [9.17, 15) is 14.4 Å². The van der Waals surface area contributed by atoms with Crippen LogP contribution in [0.5, 0.6) is 0 Å². The van der Waals surface area contributed by atoms with Crippen molar-refractivity contribution in [3.63, 3.8) is 0 Å². The number of aromatic nitrogens is 2. The molecule has 0 radical (unpaired) electrons. The van der Waals surface area contributed by atoms with Crippen molar-refractivity contribution < 1.29 is 18.7 Å². The number of rotatable bonds is 5. The van der Waals surface area contributed by atoms with Gasteiger partial charge in [-0.25, -0.2) is 4.79 Å². The quantitative estimate of drug-likeness (QED) is 0.617. The van der Waals surface area contributed by atoms with Gasteiger partial charge in [-0.2, -0.15) is 0 Å². The molecule has 0 bridgehead atoms. The van der Waals surface area contributed by atoms with E-state index in [0.717, 1.165) is 0 Å². The van der Waals surface area contributed by atoms with E-state index in [0.29, 0.717) is 5.76 Å². The molecule has 0 amide bonds. The van der Waals surface area contributed by atoms with E-state index < -0.39 is 37.9 Å². The van der Waals surface area contributed by atoms with Gasteiger partial charge in [0.2, 0.25) is 6.23 Å². The summed E-state index contributed by atoms with van der Waals surface area (Å²) >= 11 is 0. The van der Waals surface area contributed by atoms with Crippen LogP contribution in [0, 0.1) is 0 Å². The smallest absolute Gasteiger partial charge is 0.331 e. The Labute approximate surface area is 152 Å². The Morgan fingerprint density at radius 3 is 2.54 bits per heavy atom. The number of esters is 1. The minimum Gasteiger partial charge on any atom is -0.468 e. The second kappa shape index (κ2) is 7.24. The fourth-order valence-electron chi connectivity index (χ4n) is 2.20. The summed E-state index contributed by atoms with van der Waals surface area (Å²) in [6.07, 6.45) is 1.28. The maximum atomic E-state index is 12.1. The molecule has 144 valence electrons. The average molecular weight is 382 g/mol. The molecule has 0 aliphatic carbocycles. The van der Waals surface area contributed by atoms with Crippen LogP contribution < -0.4 is 11.2 Å². The third-order valence-corrected chi connectivity index (χ3v) is 9.19. The van der Waals surface area contributed by atoms with E-state index in [1.807, 2.05) is 0 Å². The first-order valence-electron chi connectivity index (χ1n) is 8.41. The van der Waals surface area contributed by atoms with Gasteiger partial charge in [0.05, 0.1) is 6.61 Å².